The van der Waals surface area contributed by atoms with Gasteiger partial charge in [-0.25, -0.2) is 22.4 Å². The molecule has 31 heteroatoms. The molecule has 48 heavy (non-hydrogen) atoms. The molecule has 0 bridgehead atoms. The van der Waals surface area contributed by atoms with E-state index in [0.717, 1.165) is 0 Å². The third-order valence-electron chi connectivity index (χ3n) is 5.41. The normalized spacial score (nSPS) is 16.1. The average Bonchev–Trinajstić information content (AvgIpc) is 2.89. The number of rotatable bonds is 16. The second-order valence-corrected chi connectivity index (χ2v) is 8.68. The first-order valence-electron chi connectivity index (χ1n) is 10.4. The van der Waals surface area contributed by atoms with Crippen LogP contribution in [0.1, 0.15) is 0 Å². The lowest BCUT2D eigenvalue weighted by Gasteiger charge is -2.42. The van der Waals surface area contributed by atoms with Crippen LogP contribution < -0.4 is 0 Å². The maximum Gasteiger partial charge on any atom is 0.508 e. The molecule has 0 rings (SSSR count). The van der Waals surface area contributed by atoms with Crippen molar-refractivity contribution in [1.29, 1.82) is 0 Å². The number of carbonyl (C=O) groups is 1. The summed E-state index contributed by atoms with van der Waals surface area (Å²) in [4.78, 5) is 10.9. The standard InChI is InChI=1S/C17H6F28O3/c18-3(19)8(26,27)12(34,35)14(38,39)10(30,31)6(22,23)1-47-5(46)48-2-7(24,25)11(32,33)15(40,41)17(44,45)16(42,43)13(36,37)9(28,29)4(20)21/h3-4H,1-2H2. The molecule has 0 radical (unpaired) electrons. The smallest absolute Gasteiger partial charge is 0.428 e. The van der Waals surface area contributed by atoms with Gasteiger partial charge in [-0.15, -0.1) is 0 Å². The van der Waals surface area contributed by atoms with Gasteiger partial charge < -0.3 is 9.47 Å². The van der Waals surface area contributed by atoms with Crippen LogP contribution in [0.25, 0.3) is 0 Å². The first-order valence-corrected chi connectivity index (χ1v) is 10.4. The summed E-state index contributed by atoms with van der Waals surface area (Å²) in [5.41, 5.74) is 0. The predicted octanol–water partition coefficient (Wildman–Crippen LogP) is 9.29. The third-order valence-corrected chi connectivity index (χ3v) is 5.41. The highest BCUT2D eigenvalue weighted by Crippen LogP contribution is 2.63. The molecular formula is C17H6F28O3. The molecule has 0 aromatic rings. The first kappa shape index (κ1) is 45.3. The van der Waals surface area contributed by atoms with Gasteiger partial charge in [-0.1, -0.05) is 0 Å². The zero-order valence-electron chi connectivity index (χ0n) is 20.9. The summed E-state index contributed by atoms with van der Waals surface area (Å²) in [5, 5.41) is 0. The van der Waals surface area contributed by atoms with E-state index in [2.05, 4.69) is 9.47 Å². The monoisotopic (exact) mass is 790 g/mol. The van der Waals surface area contributed by atoms with Crippen LogP contribution in [-0.4, -0.2) is 103 Å². The van der Waals surface area contributed by atoms with Crippen molar-refractivity contribution in [2.24, 2.45) is 0 Å². The summed E-state index contributed by atoms with van der Waals surface area (Å²) >= 11 is 0. The van der Waals surface area contributed by atoms with E-state index >= 15 is 0 Å². The minimum atomic E-state index is -8.95. The fraction of sp³-hybridized carbons (Fsp3) is 0.941. The van der Waals surface area contributed by atoms with E-state index < -0.39 is 103 Å². The quantitative estimate of drug-likeness (QED) is 0.116. The number of ether oxygens (including phenoxy) is 2. The molecule has 0 aliphatic heterocycles. The van der Waals surface area contributed by atoms with Crippen molar-refractivity contribution >= 4 is 6.16 Å². The molecule has 288 valence electrons. The molecule has 0 aromatic heterocycles. The minimum absolute atomic E-state index is 2.53. The second-order valence-electron chi connectivity index (χ2n) is 8.68. The Morgan fingerprint density at radius 1 is 0.354 bits per heavy atom. The summed E-state index contributed by atoms with van der Waals surface area (Å²) < 4.78 is 372. The van der Waals surface area contributed by atoms with Gasteiger partial charge in [0.15, 0.2) is 13.2 Å². The number of alkyl halides is 28. The predicted molar refractivity (Wildman–Crippen MR) is 88.7 cm³/mol. The summed E-state index contributed by atoms with van der Waals surface area (Å²) in [5.74, 6) is -98.1. The Balaban J connectivity index is 6.21. The highest BCUT2D eigenvalue weighted by atomic mass is 19.4. The second kappa shape index (κ2) is 12.3. The number of hydrogen-bond acceptors (Lipinski definition) is 3. The topological polar surface area (TPSA) is 35.5 Å². The van der Waals surface area contributed by atoms with Crippen LogP contribution in [0.5, 0.6) is 0 Å². The minimum Gasteiger partial charge on any atom is -0.428 e. The SMILES string of the molecule is O=C(OCC(F)(F)C(F)(F)C(F)(F)C(F)(F)C(F)(F)C(F)F)OCC(F)(F)C(F)(F)C(F)(F)C(F)(F)C(F)(F)C(F)(F)C(F)(F)C(F)F. The van der Waals surface area contributed by atoms with Crippen LogP contribution in [0.4, 0.5) is 128 Å². The molecule has 0 amide bonds. The molecule has 0 N–H and O–H groups in total. The van der Waals surface area contributed by atoms with Crippen LogP contribution in [-0.2, 0) is 9.47 Å². The molecule has 0 aliphatic rings. The zero-order valence-corrected chi connectivity index (χ0v) is 20.9. The zero-order chi connectivity index (χ0) is 39.6. The highest BCUT2D eigenvalue weighted by Gasteiger charge is 2.94. The van der Waals surface area contributed by atoms with Gasteiger partial charge in [0.1, 0.15) is 0 Å². The molecule has 3 nitrogen and oxygen atoms in total. The molecule has 0 unspecified atom stereocenters. The maximum atomic E-state index is 13.6. The van der Waals surface area contributed by atoms with Crippen LogP contribution in [0.15, 0.2) is 0 Å². The summed E-state index contributed by atoms with van der Waals surface area (Å²) in [7, 11) is 0. The lowest BCUT2D eigenvalue weighted by atomic mass is 9.89. The molecule has 0 heterocycles. The van der Waals surface area contributed by atoms with Crippen molar-refractivity contribution in [3.05, 3.63) is 0 Å². The van der Waals surface area contributed by atoms with E-state index in [1.807, 2.05) is 0 Å². The summed E-state index contributed by atoms with van der Waals surface area (Å²) in [6.07, 6.45) is -15.9. The Morgan fingerprint density at radius 3 is 0.771 bits per heavy atom. The van der Waals surface area contributed by atoms with Gasteiger partial charge in [0.05, 0.1) is 0 Å². The van der Waals surface area contributed by atoms with Gasteiger partial charge in [0.25, 0.3) is 0 Å². The molecule has 0 fully saturated rings. The molecule has 0 aromatic carbocycles. The van der Waals surface area contributed by atoms with E-state index in [1.54, 1.807) is 0 Å². The Kier molecular flexibility index (Phi) is 11.6. The molecule has 0 saturated carbocycles. The summed E-state index contributed by atoms with van der Waals surface area (Å²) in [6, 6.07) is 0. The van der Waals surface area contributed by atoms with Gasteiger partial charge >= 0.3 is 90.1 Å². The van der Waals surface area contributed by atoms with Crippen molar-refractivity contribution in [2.45, 2.75) is 83.9 Å². The largest absolute Gasteiger partial charge is 0.508 e. The van der Waals surface area contributed by atoms with Gasteiger partial charge in [0.2, 0.25) is 0 Å². The van der Waals surface area contributed by atoms with Crippen molar-refractivity contribution in [1.82, 2.24) is 0 Å². The van der Waals surface area contributed by atoms with Gasteiger partial charge in [-0.05, 0) is 0 Å². The van der Waals surface area contributed by atoms with E-state index in [9.17, 15) is 128 Å². The van der Waals surface area contributed by atoms with Crippen LogP contribution >= 0.6 is 0 Å². The lowest BCUT2D eigenvalue weighted by molar-refractivity contribution is -0.447. The number of halogens is 28. The van der Waals surface area contributed by atoms with Crippen LogP contribution in [0, 0.1) is 0 Å². The Bertz CT molecular complexity index is 1140. The Labute approximate surface area is 242 Å². The van der Waals surface area contributed by atoms with E-state index in [1.165, 1.54) is 0 Å². The molecule has 0 atom stereocenters. The first-order chi connectivity index (χ1) is 20.5. The van der Waals surface area contributed by atoms with Crippen molar-refractivity contribution < 1.29 is 137 Å². The van der Waals surface area contributed by atoms with E-state index in [-0.39, 0.29) is 0 Å². The van der Waals surface area contributed by atoms with Gasteiger partial charge in [-0.3, -0.25) is 0 Å². The van der Waals surface area contributed by atoms with Crippen molar-refractivity contribution in [3.63, 3.8) is 0 Å². The highest BCUT2D eigenvalue weighted by molar-refractivity contribution is 5.60. The maximum absolute atomic E-state index is 13.6. The fourth-order valence-electron chi connectivity index (χ4n) is 2.46. The molecular weight excluding hydrogens is 784 g/mol. The third kappa shape index (κ3) is 6.26. The number of hydrogen-bond donors (Lipinski definition) is 0. The summed E-state index contributed by atoms with van der Waals surface area (Å²) in [6.45, 7) is -8.23. The van der Waals surface area contributed by atoms with Crippen molar-refractivity contribution in [2.75, 3.05) is 13.2 Å². The average molecular weight is 790 g/mol. The Hall–Kier alpha value is -2.69. The van der Waals surface area contributed by atoms with Crippen molar-refractivity contribution in [3.8, 4) is 0 Å². The Morgan fingerprint density at radius 2 is 0.542 bits per heavy atom. The van der Waals surface area contributed by atoms with E-state index in [4.69, 9.17) is 0 Å². The number of carbonyl (C=O) groups excluding carboxylic acids is 1. The molecule has 0 saturated heterocycles. The lowest BCUT2D eigenvalue weighted by Crippen LogP contribution is -2.74. The van der Waals surface area contributed by atoms with E-state index in [0.29, 0.717) is 0 Å². The van der Waals surface area contributed by atoms with Gasteiger partial charge in [0, 0.05) is 0 Å². The fourth-order valence-corrected chi connectivity index (χ4v) is 2.46. The molecule has 0 spiro atoms. The van der Waals surface area contributed by atoms with Crippen LogP contribution in [0.3, 0.4) is 0 Å². The van der Waals surface area contributed by atoms with Crippen LogP contribution in [0.2, 0.25) is 0 Å². The van der Waals surface area contributed by atoms with Gasteiger partial charge in [-0.2, -0.15) is 105 Å². The molecule has 0 aliphatic carbocycles.